The maximum absolute atomic E-state index is 11.9. The Morgan fingerprint density at radius 2 is 0.548 bits per heavy atom. The molecule has 14 heteroatoms. The minimum Gasteiger partial charge on any atom is -0.457 e. The van der Waals surface area contributed by atoms with Crippen LogP contribution in [0.25, 0.3) is 0 Å². The third-order valence-electron chi connectivity index (χ3n) is 9.54. The number of benzene rings is 1. The highest BCUT2D eigenvalue weighted by Crippen LogP contribution is 2.14. The summed E-state index contributed by atoms with van der Waals surface area (Å²) < 4.78 is 65.6. The number of carbonyl (C=O) groups excluding carboxylic acids is 2. The van der Waals surface area contributed by atoms with Crippen molar-refractivity contribution in [3.8, 4) is 0 Å². The number of hydrogen-bond acceptors (Lipinski definition) is 14. The van der Waals surface area contributed by atoms with Crippen molar-refractivity contribution in [1.82, 2.24) is 0 Å². The standard InChI is InChI=1S/C48H86O14/c1-2-3-4-5-6-7-8-9-10-11-12-13-14-15-16-20-23-51-24-25-52-26-27-53-28-29-54-30-31-55-32-33-56-34-35-57-36-37-58-38-39-59-40-41-60-42-43-61-44-45-62-48(50)47(49)46-21-18-17-19-22-46/h17-19,21-22H,2-16,20,23-45H2,1H3. The third-order valence-corrected chi connectivity index (χ3v) is 9.54. The van der Waals surface area contributed by atoms with Crippen LogP contribution in [0.5, 0.6) is 0 Å². The van der Waals surface area contributed by atoms with Gasteiger partial charge in [0.1, 0.15) is 6.61 Å². The smallest absolute Gasteiger partial charge is 0.379 e. The maximum Gasteiger partial charge on any atom is 0.379 e. The number of carbonyl (C=O) groups is 2. The van der Waals surface area contributed by atoms with E-state index in [1.165, 1.54) is 96.3 Å². The van der Waals surface area contributed by atoms with Crippen LogP contribution in [0.3, 0.4) is 0 Å². The van der Waals surface area contributed by atoms with E-state index in [-0.39, 0.29) is 13.2 Å². The van der Waals surface area contributed by atoms with Crippen molar-refractivity contribution >= 4 is 11.8 Å². The molecule has 0 heterocycles. The lowest BCUT2D eigenvalue weighted by atomic mass is 10.0. The Labute approximate surface area is 374 Å². The molecule has 0 atom stereocenters. The van der Waals surface area contributed by atoms with Gasteiger partial charge >= 0.3 is 5.97 Å². The molecule has 0 saturated heterocycles. The van der Waals surface area contributed by atoms with Gasteiger partial charge in [-0.1, -0.05) is 134 Å². The zero-order valence-corrected chi connectivity index (χ0v) is 38.7. The van der Waals surface area contributed by atoms with E-state index in [9.17, 15) is 9.59 Å². The van der Waals surface area contributed by atoms with Crippen molar-refractivity contribution in [2.75, 3.05) is 152 Å². The van der Waals surface area contributed by atoms with E-state index in [4.69, 9.17) is 56.8 Å². The minimum atomic E-state index is -0.895. The van der Waals surface area contributed by atoms with Gasteiger partial charge in [-0.05, 0) is 6.42 Å². The molecule has 14 nitrogen and oxygen atoms in total. The molecule has 1 aromatic carbocycles. The van der Waals surface area contributed by atoms with Gasteiger partial charge in [-0.25, -0.2) is 4.79 Å². The molecule has 0 bridgehead atoms. The Balaban J connectivity index is 1.62. The first-order chi connectivity index (χ1) is 30.8. The van der Waals surface area contributed by atoms with E-state index in [1.807, 2.05) is 0 Å². The summed E-state index contributed by atoms with van der Waals surface area (Å²) in [5.41, 5.74) is 0.297. The highest BCUT2D eigenvalue weighted by molar-refractivity contribution is 6.40. The average molecular weight is 887 g/mol. The van der Waals surface area contributed by atoms with E-state index in [0.717, 1.165) is 13.0 Å². The van der Waals surface area contributed by atoms with Gasteiger partial charge in [-0.3, -0.25) is 4.79 Å². The van der Waals surface area contributed by atoms with Crippen molar-refractivity contribution in [3.63, 3.8) is 0 Å². The number of Topliss-reactive ketones (excluding diaryl/α,β-unsaturated/α-hetero) is 1. The van der Waals surface area contributed by atoms with E-state index < -0.39 is 11.8 Å². The molecule has 0 aliphatic carbocycles. The molecule has 1 aromatic rings. The van der Waals surface area contributed by atoms with Gasteiger partial charge in [-0.15, -0.1) is 0 Å². The Kier molecular flexibility index (Phi) is 46.7. The van der Waals surface area contributed by atoms with Gasteiger partial charge in [0.15, 0.2) is 0 Å². The molecule has 0 unspecified atom stereocenters. The highest BCUT2D eigenvalue weighted by atomic mass is 16.6. The second-order valence-electron chi connectivity index (χ2n) is 14.9. The second-order valence-corrected chi connectivity index (χ2v) is 14.9. The maximum atomic E-state index is 11.9. The largest absolute Gasteiger partial charge is 0.457 e. The highest BCUT2D eigenvalue weighted by Gasteiger charge is 2.17. The third kappa shape index (κ3) is 43.2. The van der Waals surface area contributed by atoms with Gasteiger partial charge < -0.3 is 56.8 Å². The van der Waals surface area contributed by atoms with Crippen molar-refractivity contribution in [2.24, 2.45) is 0 Å². The molecule has 0 aliphatic heterocycles. The van der Waals surface area contributed by atoms with Gasteiger partial charge in [0, 0.05) is 12.2 Å². The average Bonchev–Trinajstić information content (AvgIpc) is 3.29. The lowest BCUT2D eigenvalue weighted by molar-refractivity contribution is -0.139. The van der Waals surface area contributed by atoms with E-state index >= 15 is 0 Å². The van der Waals surface area contributed by atoms with E-state index in [2.05, 4.69) is 6.92 Å². The van der Waals surface area contributed by atoms with E-state index in [0.29, 0.717) is 138 Å². The summed E-state index contributed by atoms with van der Waals surface area (Å²) in [7, 11) is 0. The Morgan fingerprint density at radius 1 is 0.306 bits per heavy atom. The number of esters is 1. The van der Waals surface area contributed by atoms with Crippen LogP contribution < -0.4 is 0 Å². The fourth-order valence-corrected chi connectivity index (χ4v) is 6.02. The summed E-state index contributed by atoms with van der Waals surface area (Å²) in [6, 6.07) is 8.28. The van der Waals surface area contributed by atoms with Crippen LogP contribution in [-0.4, -0.2) is 164 Å². The molecule has 0 radical (unpaired) electrons. The molecule has 0 aliphatic rings. The Hall–Kier alpha value is -2.08. The van der Waals surface area contributed by atoms with Crippen LogP contribution in [0.15, 0.2) is 30.3 Å². The van der Waals surface area contributed by atoms with Gasteiger partial charge in [0.2, 0.25) is 0 Å². The summed E-state index contributed by atoms with van der Waals surface area (Å²) >= 11 is 0. The molecule has 1 rings (SSSR count). The normalized spacial score (nSPS) is 11.4. The zero-order chi connectivity index (χ0) is 44.3. The first-order valence-corrected chi connectivity index (χ1v) is 23.9. The number of ether oxygens (including phenoxy) is 12. The lowest BCUT2D eigenvalue weighted by Gasteiger charge is -2.09. The van der Waals surface area contributed by atoms with Crippen LogP contribution in [0, 0.1) is 0 Å². The van der Waals surface area contributed by atoms with Crippen molar-refractivity contribution < 1.29 is 66.4 Å². The van der Waals surface area contributed by atoms with Gasteiger partial charge in [0.05, 0.1) is 139 Å². The van der Waals surface area contributed by atoms with Crippen molar-refractivity contribution in [2.45, 2.75) is 110 Å². The molecule has 0 fully saturated rings. The predicted octanol–water partition coefficient (Wildman–Crippen LogP) is 7.86. The molecule has 0 amide bonds. The minimum absolute atomic E-state index is 0.00177. The summed E-state index contributed by atoms with van der Waals surface area (Å²) in [5, 5.41) is 0. The number of rotatable bonds is 52. The number of ketones is 1. The molecular weight excluding hydrogens is 801 g/mol. The summed E-state index contributed by atoms with van der Waals surface area (Å²) in [5.74, 6) is -1.57. The molecule has 362 valence electrons. The molecule has 0 spiro atoms. The molecular formula is C48H86O14. The SMILES string of the molecule is CCCCCCCCCCCCCCCCCCOCCOCCOCCOCCOCCOCCOCCOCCOCCOCCOCCOC(=O)C(=O)c1ccccc1. The van der Waals surface area contributed by atoms with Crippen LogP contribution in [-0.2, 0) is 61.6 Å². The van der Waals surface area contributed by atoms with Crippen molar-refractivity contribution in [3.05, 3.63) is 35.9 Å². The van der Waals surface area contributed by atoms with Gasteiger partial charge in [-0.2, -0.15) is 0 Å². The quantitative estimate of drug-likeness (QED) is 0.0271. The summed E-state index contributed by atoms with van der Waals surface area (Å²) in [6.45, 7) is 13.2. The second kappa shape index (κ2) is 49.9. The fraction of sp³-hybridized carbons (Fsp3) is 0.833. The lowest BCUT2D eigenvalue weighted by Crippen LogP contribution is -2.20. The monoisotopic (exact) mass is 887 g/mol. The molecule has 0 N–H and O–H groups in total. The van der Waals surface area contributed by atoms with Gasteiger partial charge in [0.25, 0.3) is 5.78 Å². The fourth-order valence-electron chi connectivity index (χ4n) is 6.02. The van der Waals surface area contributed by atoms with Crippen LogP contribution in [0.2, 0.25) is 0 Å². The first-order valence-electron chi connectivity index (χ1n) is 23.9. The topological polar surface area (TPSA) is 145 Å². The van der Waals surface area contributed by atoms with Crippen LogP contribution in [0.4, 0.5) is 0 Å². The predicted molar refractivity (Wildman–Crippen MR) is 240 cm³/mol. The number of unbranched alkanes of at least 4 members (excludes halogenated alkanes) is 15. The van der Waals surface area contributed by atoms with Crippen molar-refractivity contribution in [1.29, 1.82) is 0 Å². The number of hydrogen-bond donors (Lipinski definition) is 0. The van der Waals surface area contributed by atoms with Crippen LogP contribution >= 0.6 is 0 Å². The summed E-state index contributed by atoms with van der Waals surface area (Å²) in [6.07, 6.45) is 22.1. The molecule has 0 saturated carbocycles. The molecule has 62 heavy (non-hydrogen) atoms. The Morgan fingerprint density at radius 3 is 0.839 bits per heavy atom. The zero-order valence-electron chi connectivity index (χ0n) is 38.7. The first kappa shape index (κ1) is 57.9. The van der Waals surface area contributed by atoms with E-state index in [1.54, 1.807) is 30.3 Å². The van der Waals surface area contributed by atoms with Crippen LogP contribution in [0.1, 0.15) is 120 Å². The summed E-state index contributed by atoms with van der Waals surface area (Å²) in [4.78, 5) is 23.7. The molecule has 0 aromatic heterocycles. The Bertz CT molecular complexity index is 1050.